The Hall–Kier alpha value is -2.60. The van der Waals surface area contributed by atoms with Gasteiger partial charge in [0.2, 0.25) is 0 Å². The second-order valence-corrected chi connectivity index (χ2v) is 6.86. The topological polar surface area (TPSA) is 64.6 Å². The molecule has 2 aromatic carbocycles. The predicted molar refractivity (Wildman–Crippen MR) is 112 cm³/mol. The molecule has 2 aromatic rings. The number of benzene rings is 2. The molecule has 0 saturated carbocycles. The molecular formula is C22H25ClFNO4. The van der Waals surface area contributed by atoms with Crippen molar-refractivity contribution in [1.29, 1.82) is 0 Å². The van der Waals surface area contributed by atoms with Gasteiger partial charge in [-0.1, -0.05) is 25.4 Å². The van der Waals surface area contributed by atoms with Gasteiger partial charge in [-0.05, 0) is 57.0 Å². The van der Waals surface area contributed by atoms with E-state index in [1.807, 2.05) is 20.8 Å². The van der Waals surface area contributed by atoms with Crippen molar-refractivity contribution < 1.29 is 23.5 Å². The summed E-state index contributed by atoms with van der Waals surface area (Å²) >= 11 is 6.39. The molecule has 1 amide bonds. The Bertz CT molecular complexity index is 897. The minimum absolute atomic E-state index is 0.0333. The molecule has 0 aromatic heterocycles. The lowest BCUT2D eigenvalue weighted by molar-refractivity contribution is 0.101. The third-order valence-corrected chi connectivity index (χ3v) is 4.75. The Morgan fingerprint density at radius 3 is 2.31 bits per heavy atom. The van der Waals surface area contributed by atoms with Gasteiger partial charge in [0.05, 0.1) is 18.3 Å². The first kappa shape index (κ1) is 22.7. The van der Waals surface area contributed by atoms with Gasteiger partial charge in [-0.15, -0.1) is 0 Å². The molecular weight excluding hydrogens is 397 g/mol. The number of halogens is 2. The summed E-state index contributed by atoms with van der Waals surface area (Å²) < 4.78 is 25.5. The molecule has 0 aliphatic rings. The van der Waals surface area contributed by atoms with Crippen LogP contribution in [0.25, 0.3) is 0 Å². The Labute approximate surface area is 175 Å². The van der Waals surface area contributed by atoms with Crippen molar-refractivity contribution in [2.75, 3.05) is 11.9 Å². The molecule has 0 aliphatic heterocycles. The maximum absolute atomic E-state index is 14.0. The number of ketones is 1. The molecule has 0 heterocycles. The first-order chi connectivity index (χ1) is 13.8. The lowest BCUT2D eigenvalue weighted by Crippen LogP contribution is -2.16. The molecule has 0 aliphatic carbocycles. The van der Waals surface area contributed by atoms with Crippen LogP contribution in [0.15, 0.2) is 30.3 Å². The van der Waals surface area contributed by atoms with Gasteiger partial charge in [0.25, 0.3) is 5.91 Å². The smallest absolute Gasteiger partial charge is 0.255 e. The normalized spacial score (nSPS) is 10.7. The van der Waals surface area contributed by atoms with E-state index in [0.29, 0.717) is 23.1 Å². The molecule has 7 heteroatoms. The molecule has 2 rings (SSSR count). The number of carbonyl (C=O) groups excluding carboxylic acids is 2. The summed E-state index contributed by atoms with van der Waals surface area (Å²) in [6, 6.07) is 6.97. The lowest BCUT2D eigenvalue weighted by atomic mass is 10.1. The number of Topliss-reactive ketones (excluding diaryl/α,β-unsaturated/α-hetero) is 1. The van der Waals surface area contributed by atoms with E-state index >= 15 is 0 Å². The second kappa shape index (κ2) is 10.3. The fourth-order valence-electron chi connectivity index (χ4n) is 2.77. The Morgan fingerprint density at radius 2 is 1.76 bits per heavy atom. The van der Waals surface area contributed by atoms with Crippen molar-refractivity contribution in [3.05, 3.63) is 52.3 Å². The van der Waals surface area contributed by atoms with Gasteiger partial charge < -0.3 is 14.8 Å². The number of anilines is 1. The molecule has 0 fully saturated rings. The highest BCUT2D eigenvalue weighted by Crippen LogP contribution is 2.37. The average Bonchev–Trinajstić information content (AvgIpc) is 2.68. The second-order valence-electron chi connectivity index (χ2n) is 6.48. The van der Waals surface area contributed by atoms with Crippen LogP contribution >= 0.6 is 11.6 Å². The van der Waals surface area contributed by atoms with Gasteiger partial charge in [-0.2, -0.15) is 0 Å². The molecule has 1 N–H and O–H groups in total. The zero-order chi connectivity index (χ0) is 21.6. The third kappa shape index (κ3) is 5.70. The summed E-state index contributed by atoms with van der Waals surface area (Å²) in [4.78, 5) is 24.1. The molecule has 0 radical (unpaired) electrons. The van der Waals surface area contributed by atoms with Gasteiger partial charge >= 0.3 is 0 Å². The summed E-state index contributed by atoms with van der Waals surface area (Å²) in [6.45, 7) is 7.46. The summed E-state index contributed by atoms with van der Waals surface area (Å²) in [5, 5.41) is 2.92. The van der Waals surface area contributed by atoms with Crippen molar-refractivity contribution >= 4 is 29.0 Å². The van der Waals surface area contributed by atoms with Gasteiger partial charge in [0.1, 0.15) is 22.3 Å². The minimum atomic E-state index is -0.695. The van der Waals surface area contributed by atoms with Crippen LogP contribution in [-0.4, -0.2) is 24.4 Å². The predicted octanol–water partition coefficient (Wildman–Crippen LogP) is 5.90. The number of carbonyl (C=O) groups is 2. The van der Waals surface area contributed by atoms with Crippen LogP contribution in [0.4, 0.5) is 10.1 Å². The summed E-state index contributed by atoms with van der Waals surface area (Å²) in [7, 11) is 0. The number of amides is 1. The standard InChI is InChI=1S/C22H25ClFNO4/c1-5-16(6-2)29-20-11-14(10-19(21(20)23)28-7-3)22(27)25-15-8-9-17(13(4)26)18(24)12-15/h8-12,16H,5-7H2,1-4H3,(H,25,27). The van der Waals surface area contributed by atoms with Crippen molar-refractivity contribution in [3.63, 3.8) is 0 Å². The van der Waals surface area contributed by atoms with Crippen LogP contribution in [-0.2, 0) is 0 Å². The van der Waals surface area contributed by atoms with Crippen molar-refractivity contribution in [2.24, 2.45) is 0 Å². The van der Waals surface area contributed by atoms with Crippen LogP contribution in [0.1, 0.15) is 61.3 Å². The zero-order valence-electron chi connectivity index (χ0n) is 17.0. The van der Waals surface area contributed by atoms with Gasteiger partial charge in [-0.25, -0.2) is 4.39 Å². The molecule has 0 unspecified atom stereocenters. The number of rotatable bonds is 9. The third-order valence-electron chi connectivity index (χ3n) is 4.38. The number of ether oxygens (including phenoxy) is 2. The minimum Gasteiger partial charge on any atom is -0.492 e. The summed E-state index contributed by atoms with van der Waals surface area (Å²) in [5.74, 6) is -0.871. The number of hydrogen-bond acceptors (Lipinski definition) is 4. The van der Waals surface area contributed by atoms with E-state index < -0.39 is 11.7 Å². The van der Waals surface area contributed by atoms with Gasteiger partial charge in [0, 0.05) is 11.3 Å². The van der Waals surface area contributed by atoms with E-state index in [1.54, 1.807) is 6.07 Å². The molecule has 5 nitrogen and oxygen atoms in total. The number of hydrogen-bond donors (Lipinski definition) is 1. The Balaban J connectivity index is 2.34. The van der Waals surface area contributed by atoms with E-state index in [1.165, 1.54) is 25.1 Å². The van der Waals surface area contributed by atoms with E-state index in [-0.39, 0.29) is 28.7 Å². The van der Waals surface area contributed by atoms with Crippen molar-refractivity contribution in [2.45, 2.75) is 46.6 Å². The van der Waals surface area contributed by atoms with Crippen LogP contribution < -0.4 is 14.8 Å². The zero-order valence-corrected chi connectivity index (χ0v) is 17.7. The highest BCUT2D eigenvalue weighted by molar-refractivity contribution is 6.33. The summed E-state index contributed by atoms with van der Waals surface area (Å²) in [6.07, 6.45) is 1.53. The molecule has 29 heavy (non-hydrogen) atoms. The molecule has 0 bridgehead atoms. The van der Waals surface area contributed by atoms with Crippen LogP contribution in [0.2, 0.25) is 5.02 Å². The maximum Gasteiger partial charge on any atom is 0.255 e. The maximum atomic E-state index is 14.0. The van der Waals surface area contributed by atoms with E-state index in [4.69, 9.17) is 21.1 Å². The monoisotopic (exact) mass is 421 g/mol. The van der Waals surface area contributed by atoms with Crippen molar-refractivity contribution in [1.82, 2.24) is 0 Å². The Kier molecular flexibility index (Phi) is 8.02. The Morgan fingerprint density at radius 1 is 1.10 bits per heavy atom. The number of nitrogens with one attached hydrogen (secondary N) is 1. The quantitative estimate of drug-likeness (QED) is 0.512. The van der Waals surface area contributed by atoms with E-state index in [0.717, 1.165) is 18.9 Å². The molecule has 0 saturated heterocycles. The SMILES string of the molecule is CCOc1cc(C(=O)Nc2ccc(C(C)=O)c(F)c2)cc(OC(CC)CC)c1Cl. The highest BCUT2D eigenvalue weighted by atomic mass is 35.5. The van der Waals surface area contributed by atoms with Crippen LogP contribution in [0.3, 0.4) is 0 Å². The molecule has 0 atom stereocenters. The lowest BCUT2D eigenvalue weighted by Gasteiger charge is -2.19. The first-order valence-corrected chi connectivity index (χ1v) is 9.93. The molecule has 156 valence electrons. The van der Waals surface area contributed by atoms with Gasteiger partial charge in [-0.3, -0.25) is 9.59 Å². The largest absolute Gasteiger partial charge is 0.492 e. The molecule has 0 spiro atoms. The van der Waals surface area contributed by atoms with Crippen molar-refractivity contribution in [3.8, 4) is 11.5 Å². The average molecular weight is 422 g/mol. The summed E-state index contributed by atoms with van der Waals surface area (Å²) in [5.41, 5.74) is 0.455. The fourth-order valence-corrected chi connectivity index (χ4v) is 2.97. The van der Waals surface area contributed by atoms with Crippen LogP contribution in [0.5, 0.6) is 11.5 Å². The van der Waals surface area contributed by atoms with Crippen LogP contribution in [0, 0.1) is 5.82 Å². The van der Waals surface area contributed by atoms with Gasteiger partial charge in [0.15, 0.2) is 5.78 Å². The first-order valence-electron chi connectivity index (χ1n) is 9.55. The van der Waals surface area contributed by atoms with E-state index in [2.05, 4.69) is 5.32 Å². The highest BCUT2D eigenvalue weighted by Gasteiger charge is 2.18. The van der Waals surface area contributed by atoms with E-state index in [9.17, 15) is 14.0 Å². The fraction of sp³-hybridized carbons (Fsp3) is 0.364.